The van der Waals surface area contributed by atoms with Crippen molar-refractivity contribution < 1.29 is 18.9 Å². The molecular weight excluding hydrogens is 647 g/mol. The van der Waals surface area contributed by atoms with Crippen LogP contribution in [0.25, 0.3) is 0 Å². The number of aromatic hydroxyl groups is 1. The maximum Gasteiger partial charge on any atom is 0.328 e. The van der Waals surface area contributed by atoms with Crippen molar-refractivity contribution in [3.05, 3.63) is 86.5 Å². The normalized spacial score (nSPS) is 15.8. The van der Waals surface area contributed by atoms with Crippen molar-refractivity contribution in [3.63, 3.8) is 0 Å². The van der Waals surface area contributed by atoms with Crippen LogP contribution in [0.3, 0.4) is 0 Å². The summed E-state index contributed by atoms with van der Waals surface area (Å²) >= 11 is 0. The monoisotopic (exact) mass is 714 g/mol. The van der Waals surface area contributed by atoms with Crippen LogP contribution in [0.2, 0.25) is 0 Å². The van der Waals surface area contributed by atoms with E-state index in [-0.39, 0.29) is 44.9 Å². The quantitative estimate of drug-likeness (QED) is 0.273. The molecule has 4 rings (SSSR count). The molecule has 0 aromatic heterocycles. The summed E-state index contributed by atoms with van der Waals surface area (Å²) in [5.41, 5.74) is 9.11. The molecule has 5 heteroatoms. The first-order chi connectivity index (χ1) is 22.9. The number of benzene rings is 3. The third-order valence-corrected chi connectivity index (χ3v) is 11.6. The van der Waals surface area contributed by atoms with Gasteiger partial charge in [-0.25, -0.2) is 0 Å². The van der Waals surface area contributed by atoms with Crippen molar-refractivity contribution in [1.29, 1.82) is 0 Å². The smallest absolute Gasteiger partial charge is 0.328 e. The van der Waals surface area contributed by atoms with E-state index in [1.165, 1.54) is 22.3 Å². The Bertz CT molecular complexity index is 1750. The van der Waals surface area contributed by atoms with Gasteiger partial charge in [0.2, 0.25) is 0 Å². The van der Waals surface area contributed by atoms with Gasteiger partial charge in [0, 0.05) is 18.4 Å². The van der Waals surface area contributed by atoms with E-state index in [0.717, 1.165) is 38.9 Å². The summed E-state index contributed by atoms with van der Waals surface area (Å²) in [6.45, 7) is 39.7. The van der Waals surface area contributed by atoms with E-state index in [0.29, 0.717) is 18.6 Å². The molecule has 3 aromatic rings. The summed E-state index contributed by atoms with van der Waals surface area (Å²) in [4.78, 5) is 14.0. The largest absolute Gasteiger partial charge is 0.507 e. The number of hydrogen-bond donors (Lipinski definition) is 1. The predicted molar refractivity (Wildman–Crippen MR) is 218 cm³/mol. The Morgan fingerprint density at radius 1 is 0.627 bits per heavy atom. The zero-order chi connectivity index (χ0) is 38.9. The van der Waals surface area contributed by atoms with Crippen molar-refractivity contribution in [3.8, 4) is 11.5 Å². The van der Waals surface area contributed by atoms with Crippen LogP contribution in [-0.4, -0.2) is 11.1 Å². The molecule has 1 heterocycles. The Hall–Kier alpha value is -2.84. The fourth-order valence-electron chi connectivity index (χ4n) is 6.78. The molecule has 1 aliphatic rings. The zero-order valence-corrected chi connectivity index (χ0v) is 36.1. The highest BCUT2D eigenvalue weighted by molar-refractivity contribution is 7.57. The predicted octanol–water partition coefficient (Wildman–Crippen LogP) is 12.3. The van der Waals surface area contributed by atoms with E-state index >= 15 is 0 Å². The van der Waals surface area contributed by atoms with Gasteiger partial charge in [-0.15, -0.1) is 0 Å². The lowest BCUT2D eigenvalue weighted by atomic mass is 9.75. The van der Waals surface area contributed by atoms with Crippen LogP contribution in [0.5, 0.6) is 11.5 Å². The van der Waals surface area contributed by atoms with Crippen molar-refractivity contribution >= 4 is 19.6 Å². The minimum absolute atomic E-state index is 0.0434. The van der Waals surface area contributed by atoms with Gasteiger partial charge < -0.3 is 14.2 Å². The lowest BCUT2D eigenvalue weighted by molar-refractivity contribution is -0.133. The molecule has 4 nitrogen and oxygen atoms in total. The van der Waals surface area contributed by atoms with Gasteiger partial charge >= 0.3 is 14.3 Å². The van der Waals surface area contributed by atoms with E-state index in [1.807, 2.05) is 0 Å². The molecule has 0 aliphatic carbocycles. The Labute approximate surface area is 312 Å². The van der Waals surface area contributed by atoms with Gasteiger partial charge in [0.05, 0.1) is 5.30 Å². The lowest BCUT2D eigenvalue weighted by Gasteiger charge is -2.30. The molecule has 1 unspecified atom stereocenters. The molecule has 0 radical (unpaired) electrons. The second-order valence-corrected chi connectivity index (χ2v) is 22.4. The molecule has 0 fully saturated rings. The first-order valence-corrected chi connectivity index (χ1v) is 20.0. The average molecular weight is 715 g/mol. The zero-order valence-electron chi connectivity index (χ0n) is 35.2. The Balaban J connectivity index is 1.87. The highest BCUT2D eigenvalue weighted by atomic mass is 31.2. The maximum atomic E-state index is 14.0. The summed E-state index contributed by atoms with van der Waals surface area (Å²) in [6.07, 6.45) is 1.43. The van der Waals surface area contributed by atoms with Gasteiger partial charge in [0.1, 0.15) is 11.5 Å². The lowest BCUT2D eigenvalue weighted by Crippen LogP contribution is -2.25. The number of rotatable bonds is 4. The van der Waals surface area contributed by atoms with E-state index in [2.05, 4.69) is 161 Å². The molecule has 280 valence electrons. The summed E-state index contributed by atoms with van der Waals surface area (Å²) in [5.74, 6) is 0.923. The molecule has 51 heavy (non-hydrogen) atoms. The van der Waals surface area contributed by atoms with Gasteiger partial charge in [-0.1, -0.05) is 155 Å². The second-order valence-electron chi connectivity index (χ2n) is 21.1. The van der Waals surface area contributed by atoms with Crippen molar-refractivity contribution in [1.82, 2.24) is 0 Å². The van der Waals surface area contributed by atoms with Crippen molar-refractivity contribution in [2.24, 2.45) is 0 Å². The van der Waals surface area contributed by atoms with Gasteiger partial charge in [0.25, 0.3) is 0 Å². The maximum absolute atomic E-state index is 14.0. The fourth-order valence-corrected chi connectivity index (χ4v) is 8.34. The number of phenolic OH excluding ortho intramolecular Hbond substituents is 1. The van der Waals surface area contributed by atoms with Crippen LogP contribution in [0.15, 0.2) is 36.4 Å². The van der Waals surface area contributed by atoms with Crippen molar-refractivity contribution in [2.45, 2.75) is 176 Å². The Morgan fingerprint density at radius 3 is 1.53 bits per heavy atom. The van der Waals surface area contributed by atoms with Gasteiger partial charge in [-0.2, -0.15) is 0 Å². The number of phenols is 1. The van der Waals surface area contributed by atoms with Crippen LogP contribution >= 0.6 is 8.38 Å². The minimum atomic E-state index is -1.79. The van der Waals surface area contributed by atoms with E-state index in [1.54, 1.807) is 0 Å². The summed E-state index contributed by atoms with van der Waals surface area (Å²) in [6, 6.07) is 13.4. The van der Waals surface area contributed by atoms with E-state index in [9.17, 15) is 9.90 Å². The molecular formula is C46H67O4P. The number of carbonyl (C=O) groups excluding carboxylic acids is 1. The molecule has 0 saturated heterocycles. The third kappa shape index (κ3) is 9.22. The molecule has 0 amide bonds. The third-order valence-electron chi connectivity index (χ3n) is 10.1. The highest BCUT2D eigenvalue weighted by Crippen LogP contribution is 2.51. The first-order valence-electron chi connectivity index (χ1n) is 18.8. The molecule has 1 N–H and O–H groups in total. The molecule has 0 spiro atoms. The van der Waals surface area contributed by atoms with Crippen LogP contribution in [-0.2, 0) is 54.6 Å². The van der Waals surface area contributed by atoms with E-state index < -0.39 is 8.38 Å². The fraction of sp³-hybridized carbons (Fsp3) is 0.587. The van der Waals surface area contributed by atoms with Gasteiger partial charge in [-0.05, 0) is 89.5 Å². The summed E-state index contributed by atoms with van der Waals surface area (Å²) < 4.78 is 13.6. The number of fused-ring (bicyclic) bond motifs is 2. The highest BCUT2D eigenvalue weighted by Gasteiger charge is 2.37. The van der Waals surface area contributed by atoms with Gasteiger partial charge in [-0.3, -0.25) is 4.79 Å². The molecule has 0 saturated carbocycles. The van der Waals surface area contributed by atoms with Crippen LogP contribution in [0, 0.1) is 0 Å². The number of hydrogen-bond acceptors (Lipinski definition) is 4. The number of carbonyl (C=O) groups is 1. The molecule has 1 atom stereocenters. The molecule has 1 aliphatic heterocycles. The Morgan fingerprint density at radius 2 is 1.08 bits per heavy atom. The van der Waals surface area contributed by atoms with E-state index in [4.69, 9.17) is 9.05 Å². The molecule has 3 aromatic carbocycles. The summed E-state index contributed by atoms with van der Waals surface area (Å²) in [7, 11) is -1.79. The SMILES string of the molecule is CC(C)(C)c1cc2c(c(C(C)(C)C)c1)Cc1cc(C(C)(C)C)cc(C(C)(C)C)c1OP2OC(=O)CCc1cc(C(C)(C)C)c(O)c(C(C)(C)C)c1. The van der Waals surface area contributed by atoms with Gasteiger partial charge in [0.15, 0.2) is 0 Å². The first kappa shape index (κ1) is 40.9. The van der Waals surface area contributed by atoms with Crippen LogP contribution in [0.4, 0.5) is 0 Å². The van der Waals surface area contributed by atoms with Crippen molar-refractivity contribution in [2.75, 3.05) is 0 Å². The average Bonchev–Trinajstić information content (AvgIpc) is 3.08. The standard InChI is InChI=1S/C46H67O4P/c1-41(2,3)30-23-29-24-32-33(43(7,8)9)25-31(42(4,5)6)27-37(32)51(50-40(29)36(26-30)46(16,17)18)49-38(47)20-19-28-21-34(44(10,11)12)39(48)35(22-28)45(13,14)15/h21-23,25-27,48H,19-20,24H2,1-18H3. The van der Waals surface area contributed by atoms with Crippen LogP contribution < -0.4 is 9.83 Å². The topological polar surface area (TPSA) is 55.8 Å². The Kier molecular flexibility index (Phi) is 10.9. The minimum Gasteiger partial charge on any atom is -0.507 e. The summed E-state index contributed by atoms with van der Waals surface area (Å²) in [5, 5.41) is 12.3. The molecule has 0 bridgehead atoms. The number of aryl methyl sites for hydroxylation is 1. The second kappa shape index (κ2) is 13.5. The van der Waals surface area contributed by atoms with Crippen LogP contribution in [0.1, 0.15) is 181 Å².